The maximum atomic E-state index is 13.1. The number of β-amino-alcohol motifs (C(OH)–C–C–N with tert-alkyl or cyclic N) is 1. The molecule has 0 unspecified atom stereocenters. The number of aliphatic hydroxyl groups excluding tert-OH is 1. The van der Waals surface area contributed by atoms with Crippen molar-refractivity contribution in [2.24, 2.45) is 0 Å². The third-order valence-corrected chi connectivity index (χ3v) is 5.33. The van der Waals surface area contributed by atoms with Crippen LogP contribution in [0.5, 0.6) is 0 Å². The summed E-state index contributed by atoms with van der Waals surface area (Å²) >= 11 is 0. The number of methoxy groups -OCH3 is 1. The Labute approximate surface area is 203 Å². The largest absolute Gasteiger partial charge is 0.416 e. The van der Waals surface area contributed by atoms with E-state index in [0.29, 0.717) is 6.54 Å². The minimum Gasteiger partial charge on any atom is -0.389 e. The van der Waals surface area contributed by atoms with Crippen molar-refractivity contribution >= 4 is 5.91 Å². The molecule has 1 fully saturated rings. The molecule has 1 aliphatic heterocycles. The molecule has 7 nitrogen and oxygen atoms in total. The van der Waals surface area contributed by atoms with E-state index < -0.39 is 55.4 Å². The van der Waals surface area contributed by atoms with Gasteiger partial charge in [-0.2, -0.15) is 22.0 Å². The van der Waals surface area contributed by atoms with E-state index in [1.54, 1.807) is 4.90 Å². The van der Waals surface area contributed by atoms with Gasteiger partial charge in [-0.3, -0.25) is 9.69 Å². The molecule has 14 heteroatoms. The Hall–Kier alpha value is -2.00. The average molecular weight is 534 g/mol. The molecule has 1 heterocycles. The third kappa shape index (κ3) is 9.47. The Morgan fingerprint density at radius 2 is 2.00 bits per heavy atom. The number of rotatable bonds is 13. The van der Waals surface area contributed by atoms with Crippen LogP contribution in [0, 0.1) is 0 Å². The van der Waals surface area contributed by atoms with Crippen LogP contribution in [0.2, 0.25) is 0 Å². The molecule has 0 bridgehead atoms. The lowest BCUT2D eigenvalue weighted by atomic mass is 10.1. The fourth-order valence-corrected chi connectivity index (χ4v) is 3.54. The van der Waals surface area contributed by atoms with Crippen molar-refractivity contribution in [3.05, 3.63) is 35.4 Å². The van der Waals surface area contributed by atoms with Gasteiger partial charge in [-0.15, -0.1) is 0 Å². The summed E-state index contributed by atoms with van der Waals surface area (Å²) in [7, 11) is 1.41. The first-order chi connectivity index (χ1) is 16.8. The zero-order chi connectivity index (χ0) is 26.9. The molecule has 36 heavy (non-hydrogen) atoms. The second kappa shape index (κ2) is 13.5. The van der Waals surface area contributed by atoms with Crippen LogP contribution in [-0.4, -0.2) is 112 Å². The number of morpholine rings is 1. The smallest absolute Gasteiger partial charge is 0.389 e. The predicted octanol–water partition coefficient (Wildman–Crippen LogP) is 2.77. The highest BCUT2D eigenvalue weighted by Crippen LogP contribution is 2.30. The van der Waals surface area contributed by atoms with E-state index in [0.717, 1.165) is 18.2 Å². The first kappa shape index (κ1) is 30.2. The highest BCUT2D eigenvalue weighted by atomic mass is 19.4. The summed E-state index contributed by atoms with van der Waals surface area (Å²) in [5, 5.41) is 10.0. The van der Waals surface area contributed by atoms with Crippen LogP contribution in [0.1, 0.15) is 15.9 Å². The van der Waals surface area contributed by atoms with Crippen molar-refractivity contribution in [3.8, 4) is 0 Å². The number of hydrogen-bond donors (Lipinski definition) is 1. The molecule has 0 radical (unpaired) electrons. The number of ether oxygens (including phenoxy) is 3. The summed E-state index contributed by atoms with van der Waals surface area (Å²) < 4.78 is 105. The average Bonchev–Trinajstić information content (AvgIpc) is 2.81. The number of carbonyl (C=O) groups excluding carboxylic acids is 1. The van der Waals surface area contributed by atoms with E-state index in [1.807, 2.05) is 0 Å². The van der Waals surface area contributed by atoms with Crippen molar-refractivity contribution in [2.45, 2.75) is 30.7 Å². The van der Waals surface area contributed by atoms with Gasteiger partial charge >= 0.3 is 18.5 Å². The fourth-order valence-electron chi connectivity index (χ4n) is 3.54. The van der Waals surface area contributed by atoms with E-state index in [9.17, 15) is 40.6 Å². The van der Waals surface area contributed by atoms with E-state index in [1.165, 1.54) is 18.1 Å². The molecule has 0 aromatic heterocycles. The van der Waals surface area contributed by atoms with Gasteiger partial charge in [0.1, 0.15) is 6.61 Å². The van der Waals surface area contributed by atoms with Gasteiger partial charge in [0, 0.05) is 45.4 Å². The lowest BCUT2D eigenvalue weighted by Crippen LogP contribution is -2.51. The van der Waals surface area contributed by atoms with E-state index in [4.69, 9.17) is 9.47 Å². The molecule has 1 aromatic carbocycles. The van der Waals surface area contributed by atoms with Gasteiger partial charge in [0.25, 0.3) is 5.91 Å². The molecule has 206 valence electrons. The van der Waals surface area contributed by atoms with Gasteiger partial charge in [0.2, 0.25) is 0 Å². The molecule has 1 saturated heterocycles. The number of amides is 1. The monoisotopic (exact) mass is 534 g/mol. The van der Waals surface area contributed by atoms with Crippen LogP contribution >= 0.6 is 0 Å². The minimum atomic E-state index is -4.61. The Morgan fingerprint density at radius 1 is 1.28 bits per heavy atom. The van der Waals surface area contributed by atoms with E-state index >= 15 is 0 Å². The molecule has 2 atom stereocenters. The van der Waals surface area contributed by atoms with Gasteiger partial charge in [0.05, 0.1) is 37.6 Å². The first-order valence-electron chi connectivity index (χ1n) is 11.0. The summed E-state index contributed by atoms with van der Waals surface area (Å²) in [4.78, 5) is 16.0. The van der Waals surface area contributed by atoms with Crippen molar-refractivity contribution in [1.29, 1.82) is 0 Å². The molecule has 0 saturated carbocycles. The van der Waals surface area contributed by atoms with Crippen molar-refractivity contribution in [3.63, 3.8) is 0 Å². The second-order valence-corrected chi connectivity index (χ2v) is 8.31. The normalized spacial score (nSPS) is 18.4. The van der Waals surface area contributed by atoms with Crippen LogP contribution in [0.3, 0.4) is 0 Å². The van der Waals surface area contributed by atoms with Gasteiger partial charge in [-0.05, 0) is 18.2 Å². The molecule has 1 N–H and O–H groups in total. The summed E-state index contributed by atoms with van der Waals surface area (Å²) in [6.45, 7) is -1.14. The summed E-state index contributed by atoms with van der Waals surface area (Å²) in [5.41, 5.74) is -1.11. The maximum Gasteiger partial charge on any atom is 0.416 e. The number of aliphatic hydroxyl groups is 1. The standard InChI is InChI=1S/C22H29F7N2O5/c1-34-7-6-31(19(33)15-3-2-4-16(9-15)22(27,28)29)12-18-11-30(5-8-36-18)10-17(32)13-35-14-21(25,26)20(23)24/h2-4,9,17-18,20,32H,5-8,10-14H2,1H3/t17-,18+/m1/s1. The highest BCUT2D eigenvalue weighted by molar-refractivity contribution is 5.94. The van der Waals surface area contributed by atoms with Crippen LogP contribution in [-0.2, 0) is 20.4 Å². The van der Waals surface area contributed by atoms with Gasteiger partial charge in [-0.25, -0.2) is 8.78 Å². The number of alkyl halides is 7. The van der Waals surface area contributed by atoms with E-state index in [2.05, 4.69) is 4.74 Å². The topological polar surface area (TPSA) is 71.5 Å². The van der Waals surface area contributed by atoms with E-state index in [-0.39, 0.29) is 45.0 Å². The second-order valence-electron chi connectivity index (χ2n) is 8.31. The molecule has 0 aliphatic carbocycles. The maximum absolute atomic E-state index is 13.1. The number of halogens is 7. The minimum absolute atomic E-state index is 0.0160. The van der Waals surface area contributed by atoms with Crippen molar-refractivity contribution in [2.75, 3.05) is 66.3 Å². The lowest BCUT2D eigenvalue weighted by molar-refractivity contribution is -0.171. The number of carbonyl (C=O) groups is 1. The van der Waals surface area contributed by atoms with Crippen molar-refractivity contribution < 1.29 is 54.8 Å². The van der Waals surface area contributed by atoms with Crippen LogP contribution in [0.25, 0.3) is 0 Å². The predicted molar refractivity (Wildman–Crippen MR) is 113 cm³/mol. The Balaban J connectivity index is 1.95. The SMILES string of the molecule is COCCN(C[C@@H]1CN(C[C@@H](O)COCC(F)(F)C(F)F)CCO1)C(=O)c1cccc(C(F)(F)F)c1. The first-order valence-corrected chi connectivity index (χ1v) is 11.0. The zero-order valence-corrected chi connectivity index (χ0v) is 19.5. The summed E-state index contributed by atoms with van der Waals surface area (Å²) in [6, 6.07) is 4.05. The Bertz CT molecular complexity index is 828. The lowest BCUT2D eigenvalue weighted by Gasteiger charge is -2.36. The number of nitrogens with zero attached hydrogens (tertiary/aromatic N) is 2. The molecule has 1 aliphatic rings. The van der Waals surface area contributed by atoms with Gasteiger partial charge in [0.15, 0.2) is 0 Å². The molecular weight excluding hydrogens is 505 g/mol. The third-order valence-electron chi connectivity index (χ3n) is 5.33. The molecular formula is C22H29F7N2O5. The molecule has 1 amide bonds. The molecule has 1 aromatic rings. The van der Waals surface area contributed by atoms with Gasteiger partial charge in [-0.1, -0.05) is 6.07 Å². The quantitative estimate of drug-likeness (QED) is 0.393. The summed E-state index contributed by atoms with van der Waals surface area (Å²) in [6.07, 6.45) is -10.3. The summed E-state index contributed by atoms with van der Waals surface area (Å²) in [5.74, 6) is -4.96. The Morgan fingerprint density at radius 3 is 2.64 bits per heavy atom. The zero-order valence-electron chi connectivity index (χ0n) is 19.5. The van der Waals surface area contributed by atoms with Crippen LogP contribution in [0.4, 0.5) is 30.7 Å². The number of benzene rings is 1. The fraction of sp³-hybridized carbons (Fsp3) is 0.682. The molecule has 0 spiro atoms. The molecule has 2 rings (SSSR count). The van der Waals surface area contributed by atoms with Gasteiger partial charge < -0.3 is 24.2 Å². The number of hydrogen-bond acceptors (Lipinski definition) is 6. The van der Waals surface area contributed by atoms with Crippen LogP contribution in [0.15, 0.2) is 24.3 Å². The van der Waals surface area contributed by atoms with Crippen molar-refractivity contribution in [1.82, 2.24) is 9.80 Å². The Kier molecular flexibility index (Phi) is 11.3. The van der Waals surface area contributed by atoms with Crippen LogP contribution < -0.4 is 0 Å². The highest BCUT2D eigenvalue weighted by Gasteiger charge is 2.41.